The fourth-order valence-corrected chi connectivity index (χ4v) is 3.56. The Balaban J connectivity index is 1.51. The molecule has 3 unspecified atom stereocenters. The molecule has 1 amide bonds. The van der Waals surface area contributed by atoms with Gasteiger partial charge in [-0.05, 0) is 37.3 Å². The van der Waals surface area contributed by atoms with Gasteiger partial charge in [0.15, 0.2) is 11.3 Å². The molecule has 0 aliphatic carbocycles. The first-order valence-electron chi connectivity index (χ1n) is 7.60. The van der Waals surface area contributed by atoms with Crippen LogP contribution < -0.4 is 5.32 Å². The Labute approximate surface area is 128 Å². The fraction of sp³-hybridized carbons (Fsp3) is 0.412. The van der Waals surface area contributed by atoms with Crippen LogP contribution in [0, 0.1) is 18.3 Å². The number of pyridine rings is 1. The predicted octanol–water partition coefficient (Wildman–Crippen LogP) is 1.63. The number of furan rings is 1. The van der Waals surface area contributed by atoms with Gasteiger partial charge in [0.1, 0.15) is 5.69 Å². The summed E-state index contributed by atoms with van der Waals surface area (Å²) in [5, 5.41) is 3.91. The first-order chi connectivity index (χ1) is 10.7. The highest BCUT2D eigenvalue weighted by atomic mass is 16.3. The van der Waals surface area contributed by atoms with E-state index in [9.17, 15) is 4.79 Å². The highest BCUT2D eigenvalue weighted by Gasteiger charge is 2.33. The molecule has 0 saturated carbocycles. The number of aromatic nitrogens is 1. The second kappa shape index (κ2) is 5.15. The van der Waals surface area contributed by atoms with E-state index >= 15 is 0 Å². The molecule has 1 N–H and O–H groups in total. The summed E-state index contributed by atoms with van der Waals surface area (Å²) < 4.78 is 5.40. The maximum absolute atomic E-state index is 12.4. The summed E-state index contributed by atoms with van der Waals surface area (Å²) in [5.74, 6) is 3.49. The molecule has 4 heterocycles. The minimum atomic E-state index is -0.127. The number of carbonyl (C=O) groups excluding carboxylic acids is 1. The van der Waals surface area contributed by atoms with Crippen molar-refractivity contribution in [1.29, 1.82) is 0 Å². The van der Waals surface area contributed by atoms with E-state index in [-0.39, 0.29) is 11.9 Å². The zero-order valence-electron chi connectivity index (χ0n) is 12.2. The average molecular weight is 295 g/mol. The molecule has 5 nitrogen and oxygen atoms in total. The van der Waals surface area contributed by atoms with Gasteiger partial charge in [-0.3, -0.25) is 4.79 Å². The minimum Gasteiger partial charge on any atom is -0.446 e. The SMILES string of the molecule is C#Cc1cc2cc(C(=O)NC3CC4CCN(C4)C3)ncc2o1. The second-order valence-corrected chi connectivity index (χ2v) is 6.18. The fourth-order valence-electron chi connectivity index (χ4n) is 3.56. The summed E-state index contributed by atoms with van der Waals surface area (Å²) in [6.45, 7) is 3.28. The van der Waals surface area contributed by atoms with Gasteiger partial charge < -0.3 is 14.6 Å². The van der Waals surface area contributed by atoms with Crippen LogP contribution in [0.25, 0.3) is 11.0 Å². The zero-order valence-corrected chi connectivity index (χ0v) is 12.2. The molecule has 0 radical (unpaired) electrons. The van der Waals surface area contributed by atoms with Crippen LogP contribution >= 0.6 is 0 Å². The molecule has 2 aromatic heterocycles. The van der Waals surface area contributed by atoms with Crippen LogP contribution in [-0.4, -0.2) is 41.5 Å². The van der Waals surface area contributed by atoms with Gasteiger partial charge >= 0.3 is 0 Å². The summed E-state index contributed by atoms with van der Waals surface area (Å²) in [4.78, 5) is 19.0. The van der Waals surface area contributed by atoms with E-state index in [0.29, 0.717) is 17.0 Å². The molecule has 2 aliphatic heterocycles. The third kappa shape index (κ3) is 2.36. The van der Waals surface area contributed by atoms with Gasteiger partial charge in [0.05, 0.1) is 6.20 Å². The van der Waals surface area contributed by atoms with Gasteiger partial charge in [-0.2, -0.15) is 0 Å². The normalized spacial score (nSPS) is 26.8. The Morgan fingerprint density at radius 2 is 2.36 bits per heavy atom. The van der Waals surface area contributed by atoms with Gasteiger partial charge in [-0.1, -0.05) is 0 Å². The summed E-state index contributed by atoms with van der Waals surface area (Å²) in [5.41, 5.74) is 1.01. The Morgan fingerprint density at radius 3 is 3.18 bits per heavy atom. The number of hydrogen-bond acceptors (Lipinski definition) is 4. The Morgan fingerprint density at radius 1 is 1.45 bits per heavy atom. The van der Waals surface area contributed by atoms with E-state index < -0.39 is 0 Å². The van der Waals surface area contributed by atoms with Crippen molar-refractivity contribution in [3.05, 3.63) is 29.8 Å². The van der Waals surface area contributed by atoms with Crippen molar-refractivity contribution >= 4 is 16.9 Å². The Kier molecular flexibility index (Phi) is 3.12. The molecule has 0 spiro atoms. The first kappa shape index (κ1) is 13.4. The van der Waals surface area contributed by atoms with Gasteiger partial charge in [-0.25, -0.2) is 4.98 Å². The standard InChI is InChI=1S/C17H17N3O2/c1-2-14-6-12-7-15(18-8-16(12)22-14)17(21)19-13-5-11-3-4-20(9-11)10-13/h1,6-8,11,13H,3-5,9-10H2,(H,19,21). The number of terminal acetylenes is 1. The zero-order chi connectivity index (χ0) is 15.1. The lowest BCUT2D eigenvalue weighted by atomic mass is 9.97. The van der Waals surface area contributed by atoms with Gasteiger partial charge in [0.2, 0.25) is 0 Å². The monoisotopic (exact) mass is 295 g/mol. The number of rotatable bonds is 2. The van der Waals surface area contributed by atoms with Gasteiger partial charge in [-0.15, -0.1) is 6.42 Å². The molecule has 0 aromatic carbocycles. The summed E-state index contributed by atoms with van der Waals surface area (Å²) in [6.07, 6.45) is 9.19. The van der Waals surface area contributed by atoms with Crippen molar-refractivity contribution in [3.63, 3.8) is 0 Å². The van der Waals surface area contributed by atoms with E-state index in [2.05, 4.69) is 21.1 Å². The Bertz CT molecular complexity index is 762. The highest BCUT2D eigenvalue weighted by molar-refractivity contribution is 5.95. The second-order valence-electron chi connectivity index (χ2n) is 6.18. The molecular formula is C17H17N3O2. The molecular weight excluding hydrogens is 278 g/mol. The van der Waals surface area contributed by atoms with E-state index in [0.717, 1.165) is 30.8 Å². The van der Waals surface area contributed by atoms with Crippen LogP contribution in [0.2, 0.25) is 0 Å². The van der Waals surface area contributed by atoms with E-state index in [4.69, 9.17) is 10.8 Å². The van der Waals surface area contributed by atoms with Crippen LogP contribution in [-0.2, 0) is 0 Å². The van der Waals surface area contributed by atoms with Crippen LogP contribution in [0.5, 0.6) is 0 Å². The maximum Gasteiger partial charge on any atom is 0.270 e. The summed E-state index contributed by atoms with van der Waals surface area (Å²) >= 11 is 0. The molecule has 2 aliphatic rings. The lowest BCUT2D eigenvalue weighted by molar-refractivity contribution is 0.0904. The molecule has 5 heteroatoms. The number of fused-ring (bicyclic) bond motifs is 3. The van der Waals surface area contributed by atoms with E-state index in [1.165, 1.54) is 13.0 Å². The molecule has 2 saturated heterocycles. The minimum absolute atomic E-state index is 0.127. The third-order valence-electron chi connectivity index (χ3n) is 4.58. The molecule has 2 fully saturated rings. The lowest BCUT2D eigenvalue weighted by Crippen LogP contribution is -2.47. The quantitative estimate of drug-likeness (QED) is 0.856. The third-order valence-corrected chi connectivity index (χ3v) is 4.58. The number of nitrogens with zero attached hydrogens (tertiary/aromatic N) is 2. The molecule has 2 bridgehead atoms. The summed E-state index contributed by atoms with van der Waals surface area (Å²) in [6, 6.07) is 3.70. The largest absolute Gasteiger partial charge is 0.446 e. The van der Waals surface area contributed by atoms with Crippen molar-refractivity contribution in [2.75, 3.05) is 19.6 Å². The maximum atomic E-state index is 12.4. The molecule has 22 heavy (non-hydrogen) atoms. The number of nitrogens with one attached hydrogen (secondary N) is 1. The number of amides is 1. The van der Waals surface area contributed by atoms with Crippen molar-refractivity contribution in [2.24, 2.45) is 5.92 Å². The lowest BCUT2D eigenvalue weighted by Gasteiger charge is -2.30. The Hall–Kier alpha value is -2.32. The molecule has 112 valence electrons. The van der Waals surface area contributed by atoms with Crippen molar-refractivity contribution < 1.29 is 9.21 Å². The predicted molar refractivity (Wildman–Crippen MR) is 82.4 cm³/mol. The molecule has 3 atom stereocenters. The number of piperidine rings is 1. The van der Waals surface area contributed by atoms with Crippen LogP contribution in [0.1, 0.15) is 29.1 Å². The van der Waals surface area contributed by atoms with Crippen molar-refractivity contribution in [1.82, 2.24) is 15.2 Å². The smallest absolute Gasteiger partial charge is 0.270 e. The first-order valence-corrected chi connectivity index (χ1v) is 7.60. The van der Waals surface area contributed by atoms with Crippen molar-refractivity contribution in [2.45, 2.75) is 18.9 Å². The van der Waals surface area contributed by atoms with Crippen LogP contribution in [0.3, 0.4) is 0 Å². The van der Waals surface area contributed by atoms with Gasteiger partial charge in [0, 0.05) is 30.6 Å². The average Bonchev–Trinajstić information content (AvgIpc) is 3.09. The van der Waals surface area contributed by atoms with Gasteiger partial charge in [0.25, 0.3) is 5.91 Å². The molecule has 2 aromatic rings. The van der Waals surface area contributed by atoms with Crippen LogP contribution in [0.15, 0.2) is 22.7 Å². The van der Waals surface area contributed by atoms with Crippen molar-refractivity contribution in [3.8, 4) is 12.3 Å². The van der Waals surface area contributed by atoms with Crippen LogP contribution in [0.4, 0.5) is 0 Å². The van der Waals surface area contributed by atoms with E-state index in [1.807, 2.05) is 0 Å². The molecule has 4 rings (SSSR count). The van der Waals surface area contributed by atoms with E-state index in [1.54, 1.807) is 18.3 Å². The summed E-state index contributed by atoms with van der Waals surface area (Å²) in [7, 11) is 0. The number of carbonyl (C=O) groups is 1. The number of hydrogen-bond donors (Lipinski definition) is 1. The topological polar surface area (TPSA) is 58.4 Å². The highest BCUT2D eigenvalue weighted by Crippen LogP contribution is 2.27.